The first-order valence-electron chi connectivity index (χ1n) is 1.32. The molecule has 0 fully saturated rings. The zero-order chi connectivity index (χ0) is 7.15. The van der Waals surface area contributed by atoms with Crippen molar-refractivity contribution in [2.45, 2.75) is 0 Å². The summed E-state index contributed by atoms with van der Waals surface area (Å²) in [5.41, 5.74) is 8.57. The van der Waals surface area contributed by atoms with Gasteiger partial charge in [-0.15, -0.1) is 0 Å². The Kier molecular flexibility index (Phi) is 10.9. The topological polar surface area (TPSA) is 133 Å². The Labute approximate surface area is 48.7 Å². The molecule has 0 atom stereocenters. The quantitative estimate of drug-likeness (QED) is 0.235. The number of nitrogens with two attached hydrogens (primary N) is 2. The summed E-state index contributed by atoms with van der Waals surface area (Å²) in [5.74, 6) is 0. The molecule has 0 aliphatic heterocycles. The van der Waals surface area contributed by atoms with Crippen molar-refractivity contribution >= 4 is 17.1 Å². The lowest BCUT2D eigenvalue weighted by Gasteiger charge is -1.79. The Morgan fingerprint density at radius 3 is 0.750 bits per heavy atom. The van der Waals surface area contributed by atoms with Gasteiger partial charge in [0.2, 0.25) is 17.1 Å². The maximum Gasteiger partial charge on any atom is 0.247 e. The van der Waals surface area contributed by atoms with Crippen molar-refractivity contribution in [3.63, 3.8) is 0 Å². The fourth-order valence-electron chi connectivity index (χ4n) is 0. The van der Waals surface area contributed by atoms with Crippen LogP contribution in [0.15, 0.2) is 0 Å². The monoisotopic (exact) mass is 162 g/mol. The van der Waals surface area contributed by atoms with Crippen molar-refractivity contribution in [1.29, 1.82) is 0 Å². The van der Waals surface area contributed by atoms with Gasteiger partial charge in [0.25, 0.3) is 0 Å². The average molecular weight is 162 g/mol. The molecule has 0 amide bonds. The Morgan fingerprint density at radius 1 is 0.750 bits per heavy atom. The predicted molar refractivity (Wildman–Crippen MR) is 31.1 cm³/mol. The highest BCUT2D eigenvalue weighted by Gasteiger charge is 1.73. The summed E-state index contributed by atoms with van der Waals surface area (Å²) in [5, 5.41) is 0. The maximum atomic E-state index is 7.45. The van der Waals surface area contributed by atoms with Crippen LogP contribution < -0.4 is 11.0 Å². The second-order valence-corrected chi connectivity index (χ2v) is 1.92. The van der Waals surface area contributed by atoms with Crippen molar-refractivity contribution in [2.24, 2.45) is 11.0 Å². The highest BCUT2D eigenvalue weighted by Crippen LogP contribution is 2.05. The smallest absolute Gasteiger partial charge is 0.247 e. The molecule has 52 valence electrons. The Hall–Kier alpha value is 0.620. The molecule has 0 spiro atoms. The normalized spacial score (nSPS) is 9.00. The van der Waals surface area contributed by atoms with Crippen LogP contribution in [0.2, 0.25) is 0 Å². The van der Waals surface area contributed by atoms with Crippen molar-refractivity contribution in [3.8, 4) is 0 Å². The molecule has 0 saturated heterocycles. The van der Waals surface area contributed by atoms with E-state index in [1.54, 1.807) is 0 Å². The van der Waals surface area contributed by atoms with E-state index in [2.05, 4.69) is 11.0 Å². The van der Waals surface area contributed by atoms with E-state index in [1.807, 2.05) is 0 Å². The lowest BCUT2D eigenvalue weighted by molar-refractivity contribution is 0.483. The summed E-state index contributed by atoms with van der Waals surface area (Å²) in [6.45, 7) is 0. The zero-order valence-corrected chi connectivity index (χ0v) is 5.63. The maximum absolute atomic E-state index is 7.45. The molecule has 0 aliphatic carbocycles. The number of hydrogen-bond donors (Lipinski definition) is 6. The predicted octanol–water partition coefficient (Wildman–Crippen LogP) is -1.69. The van der Waals surface area contributed by atoms with Crippen molar-refractivity contribution in [2.75, 3.05) is 0 Å². The summed E-state index contributed by atoms with van der Waals surface area (Å²) in [7, 11) is -4.24. The first-order valence-corrected chi connectivity index (χ1v) is 3.95. The zero-order valence-electron chi connectivity index (χ0n) is 3.84. The van der Waals surface area contributed by atoms with Gasteiger partial charge in [0.05, 0.1) is 0 Å². The summed E-state index contributed by atoms with van der Waals surface area (Å²) < 4.78 is 0. The molecule has 0 radical (unpaired) electrons. The molecule has 0 unspecified atom stereocenters. The second-order valence-electron chi connectivity index (χ2n) is 0.641. The molecule has 0 aliphatic rings. The fourth-order valence-corrected chi connectivity index (χ4v) is 0. The minimum Gasteiger partial charge on any atom is -0.338 e. The first-order chi connectivity index (χ1) is 3.46. The SMILES string of the molecule is NP(O)O.NP(O)O. The minimum atomic E-state index is -2.12. The summed E-state index contributed by atoms with van der Waals surface area (Å²) in [6, 6.07) is 0. The molecule has 6 nitrogen and oxygen atoms in total. The van der Waals surface area contributed by atoms with Gasteiger partial charge in [-0.3, -0.25) is 11.0 Å². The molecule has 8 N–H and O–H groups in total. The molecule has 0 aromatic heterocycles. The molecule has 0 rings (SSSR count). The second kappa shape index (κ2) is 7.62. The van der Waals surface area contributed by atoms with Crippen LogP contribution in [0.5, 0.6) is 0 Å². The molecule has 0 bridgehead atoms. The van der Waals surface area contributed by atoms with Gasteiger partial charge in [-0.2, -0.15) is 0 Å². The van der Waals surface area contributed by atoms with E-state index in [0.717, 1.165) is 0 Å². The summed E-state index contributed by atoms with van der Waals surface area (Å²) in [4.78, 5) is 29.8. The highest BCUT2D eigenvalue weighted by atomic mass is 31.2. The third-order valence-electron chi connectivity index (χ3n) is 0. The summed E-state index contributed by atoms with van der Waals surface area (Å²) in [6.07, 6.45) is 0. The van der Waals surface area contributed by atoms with Gasteiger partial charge in [-0.05, 0) is 0 Å². The fraction of sp³-hybridized carbons (Fsp3) is 0. The molecular formula is H8N2O4P2. The summed E-state index contributed by atoms with van der Waals surface area (Å²) >= 11 is 0. The van der Waals surface area contributed by atoms with E-state index in [0.29, 0.717) is 0 Å². The van der Waals surface area contributed by atoms with E-state index in [-0.39, 0.29) is 0 Å². The molecule has 0 aromatic carbocycles. The van der Waals surface area contributed by atoms with Crippen LogP contribution in [0.4, 0.5) is 0 Å². The Bertz CT molecular complexity index is 27.5. The third kappa shape index (κ3) is 544. The van der Waals surface area contributed by atoms with Gasteiger partial charge in [0, 0.05) is 0 Å². The van der Waals surface area contributed by atoms with Gasteiger partial charge in [0.1, 0.15) is 0 Å². The standard InChI is InChI=1S/2H4NO2P/c2*1-4(2)3/h2*2-3H,1H2. The lowest BCUT2D eigenvalue weighted by Crippen LogP contribution is -1.78. The highest BCUT2D eigenvalue weighted by molar-refractivity contribution is 7.42. The van der Waals surface area contributed by atoms with E-state index in [9.17, 15) is 0 Å². The average Bonchev–Trinajstić information content (AvgIpc) is 1.25. The molecular weight excluding hydrogens is 154 g/mol. The molecule has 8 heteroatoms. The minimum absolute atomic E-state index is 2.12. The van der Waals surface area contributed by atoms with Gasteiger partial charge >= 0.3 is 0 Å². The first kappa shape index (κ1) is 11.4. The lowest BCUT2D eigenvalue weighted by atomic mass is 13.9. The van der Waals surface area contributed by atoms with Crippen LogP contribution in [-0.4, -0.2) is 19.6 Å². The van der Waals surface area contributed by atoms with Crippen molar-refractivity contribution in [1.82, 2.24) is 0 Å². The molecule has 0 aromatic rings. The van der Waals surface area contributed by atoms with Crippen LogP contribution >= 0.6 is 17.1 Å². The van der Waals surface area contributed by atoms with E-state index < -0.39 is 17.1 Å². The largest absolute Gasteiger partial charge is 0.338 e. The Morgan fingerprint density at radius 2 is 0.750 bits per heavy atom. The van der Waals surface area contributed by atoms with Crippen LogP contribution in [0.1, 0.15) is 0 Å². The van der Waals surface area contributed by atoms with Crippen LogP contribution in [-0.2, 0) is 0 Å². The van der Waals surface area contributed by atoms with Gasteiger partial charge < -0.3 is 19.6 Å². The van der Waals surface area contributed by atoms with Gasteiger partial charge in [0.15, 0.2) is 0 Å². The van der Waals surface area contributed by atoms with E-state index >= 15 is 0 Å². The molecule has 0 heterocycles. The Balaban J connectivity index is 0. The van der Waals surface area contributed by atoms with Crippen LogP contribution in [0, 0.1) is 0 Å². The molecule has 0 saturated carbocycles. The van der Waals surface area contributed by atoms with Crippen molar-refractivity contribution in [3.05, 3.63) is 0 Å². The van der Waals surface area contributed by atoms with Gasteiger partial charge in [-0.1, -0.05) is 0 Å². The van der Waals surface area contributed by atoms with Crippen molar-refractivity contribution < 1.29 is 19.6 Å². The number of rotatable bonds is 0. The van der Waals surface area contributed by atoms with E-state index in [4.69, 9.17) is 19.6 Å². The third-order valence-corrected chi connectivity index (χ3v) is 0. The van der Waals surface area contributed by atoms with Crippen LogP contribution in [0.3, 0.4) is 0 Å². The molecule has 8 heavy (non-hydrogen) atoms. The number of hydrogen-bond acceptors (Lipinski definition) is 6. The van der Waals surface area contributed by atoms with Gasteiger partial charge in [-0.25, -0.2) is 0 Å². The van der Waals surface area contributed by atoms with E-state index in [1.165, 1.54) is 0 Å². The van der Waals surface area contributed by atoms with Crippen LogP contribution in [0.25, 0.3) is 0 Å².